The van der Waals surface area contributed by atoms with Gasteiger partial charge in [0.05, 0.1) is 17.4 Å². The fourth-order valence-corrected chi connectivity index (χ4v) is 5.35. The van der Waals surface area contributed by atoms with Gasteiger partial charge in [0.1, 0.15) is 12.4 Å². The Hall–Kier alpha value is -2.38. The first-order valence-electron chi connectivity index (χ1n) is 10.7. The average molecular weight is 445 g/mol. The molecule has 7 heteroatoms. The summed E-state index contributed by atoms with van der Waals surface area (Å²) in [6.45, 7) is 7.78. The van der Waals surface area contributed by atoms with Crippen molar-refractivity contribution in [2.24, 2.45) is 5.92 Å². The normalized spacial score (nSPS) is 17.8. The number of para-hydroxylation sites is 1. The molecule has 3 rings (SSSR count). The van der Waals surface area contributed by atoms with Gasteiger partial charge in [-0.3, -0.25) is 4.79 Å². The molecule has 1 saturated heterocycles. The molecule has 0 bridgehead atoms. The summed E-state index contributed by atoms with van der Waals surface area (Å²) in [5.41, 5.74) is 1.09. The number of nitrogens with zero attached hydrogens (tertiary/aromatic N) is 1. The fraction of sp³-hybridized carbons (Fsp3) is 0.458. The van der Waals surface area contributed by atoms with Gasteiger partial charge >= 0.3 is 0 Å². The maximum Gasteiger partial charge on any atom is 0.243 e. The van der Waals surface area contributed by atoms with Crippen LogP contribution < -0.4 is 10.1 Å². The molecule has 1 fully saturated rings. The molecular formula is C24H32N2O4S. The number of sulfonamides is 1. The summed E-state index contributed by atoms with van der Waals surface area (Å²) in [5.74, 6) is 0.344. The van der Waals surface area contributed by atoms with Crippen molar-refractivity contribution < 1.29 is 17.9 Å². The molecule has 6 nitrogen and oxygen atoms in total. The van der Waals surface area contributed by atoms with Crippen molar-refractivity contribution in [2.45, 2.75) is 43.9 Å². The molecule has 1 N–H and O–H groups in total. The number of amides is 1. The molecule has 168 valence electrons. The molecule has 0 aromatic heterocycles. The number of hydrogen-bond donors (Lipinski definition) is 1. The van der Waals surface area contributed by atoms with Crippen LogP contribution in [-0.4, -0.2) is 44.9 Å². The van der Waals surface area contributed by atoms with Gasteiger partial charge in [-0.2, -0.15) is 4.31 Å². The molecule has 1 amide bonds. The maximum atomic E-state index is 12.9. The van der Waals surface area contributed by atoms with Gasteiger partial charge in [0.2, 0.25) is 15.9 Å². The first-order valence-corrected chi connectivity index (χ1v) is 12.2. The van der Waals surface area contributed by atoms with E-state index < -0.39 is 10.0 Å². The fourth-order valence-electron chi connectivity index (χ4n) is 3.81. The number of carbonyl (C=O) groups is 1. The van der Waals surface area contributed by atoms with Crippen LogP contribution in [0.25, 0.3) is 0 Å². The second-order valence-corrected chi connectivity index (χ2v) is 10.8. The molecule has 31 heavy (non-hydrogen) atoms. The maximum absolute atomic E-state index is 12.9. The zero-order valence-corrected chi connectivity index (χ0v) is 19.3. The van der Waals surface area contributed by atoms with Gasteiger partial charge in [-0.15, -0.1) is 0 Å². The van der Waals surface area contributed by atoms with E-state index in [1.54, 1.807) is 30.3 Å². The van der Waals surface area contributed by atoms with E-state index in [0.717, 1.165) is 11.3 Å². The standard InChI is InChI=1S/C24H32N2O4S/c1-24(2,3)21-13-7-8-14-22(21)30-17-15-25-23(27)19-10-9-16-26(18-19)31(28,29)20-11-5-4-6-12-20/h4-8,11-14,19H,9-10,15-18H2,1-3H3,(H,25,27)/t19-/m0/s1. The molecule has 0 radical (unpaired) electrons. The van der Waals surface area contributed by atoms with E-state index in [9.17, 15) is 13.2 Å². The summed E-state index contributed by atoms with van der Waals surface area (Å²) >= 11 is 0. The van der Waals surface area contributed by atoms with Crippen LogP contribution in [0.4, 0.5) is 0 Å². The molecule has 2 aromatic rings. The summed E-state index contributed by atoms with van der Waals surface area (Å²) in [6.07, 6.45) is 1.35. The lowest BCUT2D eigenvalue weighted by atomic mass is 9.86. The zero-order valence-electron chi connectivity index (χ0n) is 18.5. The highest BCUT2D eigenvalue weighted by atomic mass is 32.2. The molecule has 1 aliphatic rings. The van der Waals surface area contributed by atoms with Gasteiger partial charge in [0, 0.05) is 13.1 Å². The van der Waals surface area contributed by atoms with E-state index in [2.05, 4.69) is 32.2 Å². The van der Waals surface area contributed by atoms with Crippen molar-refractivity contribution in [3.63, 3.8) is 0 Å². The monoisotopic (exact) mass is 444 g/mol. The van der Waals surface area contributed by atoms with Gasteiger partial charge < -0.3 is 10.1 Å². The van der Waals surface area contributed by atoms with E-state index in [1.165, 1.54) is 4.31 Å². The van der Waals surface area contributed by atoms with Gasteiger partial charge in [0.15, 0.2) is 0 Å². The lowest BCUT2D eigenvalue weighted by Crippen LogP contribution is -2.46. The van der Waals surface area contributed by atoms with Crippen LogP contribution in [-0.2, 0) is 20.2 Å². The van der Waals surface area contributed by atoms with Crippen molar-refractivity contribution >= 4 is 15.9 Å². The molecule has 0 saturated carbocycles. The Balaban J connectivity index is 1.52. The summed E-state index contributed by atoms with van der Waals surface area (Å²) in [7, 11) is -3.58. The van der Waals surface area contributed by atoms with E-state index in [4.69, 9.17) is 4.74 Å². The summed E-state index contributed by atoms with van der Waals surface area (Å²) in [6, 6.07) is 16.3. The highest BCUT2D eigenvalue weighted by Crippen LogP contribution is 2.30. The van der Waals surface area contributed by atoms with Crippen molar-refractivity contribution in [1.82, 2.24) is 9.62 Å². The van der Waals surface area contributed by atoms with Crippen LogP contribution in [0.3, 0.4) is 0 Å². The number of benzene rings is 2. The highest BCUT2D eigenvalue weighted by Gasteiger charge is 2.33. The Morgan fingerprint density at radius 3 is 2.48 bits per heavy atom. The molecule has 1 atom stereocenters. The topological polar surface area (TPSA) is 75.7 Å². The SMILES string of the molecule is CC(C)(C)c1ccccc1OCCNC(=O)[C@H]1CCCN(S(=O)(=O)c2ccccc2)C1. The lowest BCUT2D eigenvalue weighted by Gasteiger charge is -2.31. The first kappa shape index (κ1) is 23.3. The Kier molecular flexibility index (Phi) is 7.38. The number of carbonyl (C=O) groups excluding carboxylic acids is 1. The Labute approximate surface area is 185 Å². The third kappa shape index (κ3) is 5.86. The average Bonchev–Trinajstić information content (AvgIpc) is 2.77. The van der Waals surface area contributed by atoms with Crippen molar-refractivity contribution in [2.75, 3.05) is 26.2 Å². The van der Waals surface area contributed by atoms with Crippen LogP contribution in [0, 0.1) is 5.92 Å². The number of rotatable bonds is 7. The van der Waals surface area contributed by atoms with E-state index in [1.807, 2.05) is 18.2 Å². The van der Waals surface area contributed by atoms with E-state index >= 15 is 0 Å². The number of hydrogen-bond acceptors (Lipinski definition) is 4. The van der Waals surface area contributed by atoms with Gasteiger partial charge in [0.25, 0.3) is 0 Å². The second-order valence-electron chi connectivity index (χ2n) is 8.90. The number of ether oxygens (including phenoxy) is 1. The highest BCUT2D eigenvalue weighted by molar-refractivity contribution is 7.89. The third-order valence-electron chi connectivity index (χ3n) is 5.49. The predicted octanol–water partition coefficient (Wildman–Crippen LogP) is 3.58. The van der Waals surface area contributed by atoms with Crippen LogP contribution >= 0.6 is 0 Å². The Morgan fingerprint density at radius 1 is 1.10 bits per heavy atom. The molecule has 1 aliphatic heterocycles. The Bertz CT molecular complexity index is 984. The predicted molar refractivity (Wildman–Crippen MR) is 122 cm³/mol. The van der Waals surface area contributed by atoms with Crippen molar-refractivity contribution in [3.8, 4) is 5.75 Å². The zero-order chi connectivity index (χ0) is 22.5. The van der Waals surface area contributed by atoms with Crippen molar-refractivity contribution in [3.05, 3.63) is 60.2 Å². The van der Waals surface area contributed by atoms with Crippen LogP contribution in [0.15, 0.2) is 59.5 Å². The van der Waals surface area contributed by atoms with Gasteiger partial charge in [-0.05, 0) is 42.0 Å². The smallest absolute Gasteiger partial charge is 0.243 e. The number of nitrogens with one attached hydrogen (secondary N) is 1. The molecule has 0 unspecified atom stereocenters. The van der Waals surface area contributed by atoms with Crippen molar-refractivity contribution in [1.29, 1.82) is 0 Å². The molecule has 2 aromatic carbocycles. The lowest BCUT2D eigenvalue weighted by molar-refractivity contribution is -0.126. The molecule has 0 aliphatic carbocycles. The van der Waals surface area contributed by atoms with E-state index in [0.29, 0.717) is 32.5 Å². The summed E-state index contributed by atoms with van der Waals surface area (Å²) in [5, 5.41) is 2.91. The van der Waals surface area contributed by atoms with E-state index in [-0.39, 0.29) is 28.7 Å². The quantitative estimate of drug-likeness (QED) is 0.663. The minimum absolute atomic E-state index is 0.0321. The number of piperidine rings is 1. The van der Waals surface area contributed by atoms with Crippen LogP contribution in [0.5, 0.6) is 5.75 Å². The Morgan fingerprint density at radius 2 is 1.77 bits per heavy atom. The summed E-state index contributed by atoms with van der Waals surface area (Å²) in [4.78, 5) is 12.9. The first-order chi connectivity index (χ1) is 14.7. The molecule has 0 spiro atoms. The largest absolute Gasteiger partial charge is 0.491 e. The van der Waals surface area contributed by atoms with Gasteiger partial charge in [-0.25, -0.2) is 8.42 Å². The second kappa shape index (κ2) is 9.83. The minimum Gasteiger partial charge on any atom is -0.491 e. The van der Waals surface area contributed by atoms with Gasteiger partial charge in [-0.1, -0.05) is 57.2 Å². The van der Waals surface area contributed by atoms with Crippen LogP contribution in [0.2, 0.25) is 0 Å². The molecular weight excluding hydrogens is 412 g/mol. The summed E-state index contributed by atoms with van der Waals surface area (Å²) < 4.78 is 33.1. The van der Waals surface area contributed by atoms with Crippen LogP contribution in [0.1, 0.15) is 39.2 Å². The minimum atomic E-state index is -3.58. The molecule has 1 heterocycles. The third-order valence-corrected chi connectivity index (χ3v) is 7.37.